The lowest BCUT2D eigenvalue weighted by atomic mass is 9.93. The SMILES string of the molecule is CC(C)(C)c1csc(NC(=O)c2sccc2C#CCO)n1. The number of anilines is 1. The minimum Gasteiger partial charge on any atom is -0.384 e. The Hall–Kier alpha value is -1.68. The van der Waals surface area contributed by atoms with Crippen LogP contribution in [0.25, 0.3) is 0 Å². The van der Waals surface area contributed by atoms with E-state index in [9.17, 15) is 4.79 Å². The van der Waals surface area contributed by atoms with Crippen LogP contribution in [-0.4, -0.2) is 22.6 Å². The quantitative estimate of drug-likeness (QED) is 0.836. The number of aromatic nitrogens is 1. The van der Waals surface area contributed by atoms with E-state index in [0.29, 0.717) is 15.6 Å². The summed E-state index contributed by atoms with van der Waals surface area (Å²) in [5.74, 6) is 5.10. The molecular weight excluding hydrogens is 304 g/mol. The van der Waals surface area contributed by atoms with Crippen LogP contribution in [0.1, 0.15) is 41.7 Å². The van der Waals surface area contributed by atoms with Crippen molar-refractivity contribution in [3.05, 3.63) is 33.0 Å². The van der Waals surface area contributed by atoms with E-state index in [-0.39, 0.29) is 17.9 Å². The van der Waals surface area contributed by atoms with E-state index in [1.54, 1.807) is 11.4 Å². The largest absolute Gasteiger partial charge is 0.384 e. The Kier molecular flexibility index (Phi) is 4.78. The summed E-state index contributed by atoms with van der Waals surface area (Å²) in [6.45, 7) is 6.01. The van der Waals surface area contributed by atoms with Crippen molar-refractivity contribution in [2.24, 2.45) is 0 Å². The monoisotopic (exact) mass is 320 g/mol. The fourth-order valence-electron chi connectivity index (χ4n) is 1.55. The van der Waals surface area contributed by atoms with Crippen LogP contribution in [-0.2, 0) is 5.41 Å². The number of rotatable bonds is 2. The van der Waals surface area contributed by atoms with Gasteiger partial charge < -0.3 is 5.11 Å². The standard InChI is InChI=1S/C15H16N2O2S2/c1-15(2,3)11-9-21-14(16-11)17-13(19)12-10(5-4-7-18)6-8-20-12/h6,8-9,18H,7H2,1-3H3,(H,16,17,19). The van der Waals surface area contributed by atoms with Gasteiger partial charge in [-0.1, -0.05) is 32.6 Å². The van der Waals surface area contributed by atoms with Gasteiger partial charge in [-0.3, -0.25) is 10.1 Å². The number of carbonyl (C=O) groups excluding carboxylic acids is 1. The third kappa shape index (κ3) is 3.91. The van der Waals surface area contributed by atoms with Crippen molar-refractivity contribution in [3.8, 4) is 11.8 Å². The zero-order chi connectivity index (χ0) is 15.5. The second-order valence-electron chi connectivity index (χ2n) is 5.37. The molecule has 0 saturated carbocycles. The second kappa shape index (κ2) is 6.39. The minimum atomic E-state index is -0.224. The van der Waals surface area contributed by atoms with Gasteiger partial charge in [0.2, 0.25) is 0 Å². The molecule has 0 aliphatic rings. The maximum Gasteiger partial charge on any atom is 0.268 e. The molecule has 0 atom stereocenters. The number of aliphatic hydroxyl groups excluding tert-OH is 1. The van der Waals surface area contributed by atoms with E-state index in [1.807, 2.05) is 5.38 Å². The number of nitrogens with zero attached hydrogens (tertiary/aromatic N) is 1. The summed E-state index contributed by atoms with van der Waals surface area (Å²) in [5, 5.41) is 15.9. The number of carbonyl (C=O) groups is 1. The summed E-state index contributed by atoms with van der Waals surface area (Å²) < 4.78 is 0. The van der Waals surface area contributed by atoms with E-state index in [0.717, 1.165) is 5.69 Å². The molecule has 2 rings (SSSR count). The van der Waals surface area contributed by atoms with Gasteiger partial charge in [0.25, 0.3) is 5.91 Å². The number of hydrogen-bond acceptors (Lipinski definition) is 5. The first kappa shape index (κ1) is 15.7. The fourth-order valence-corrected chi connectivity index (χ4v) is 3.22. The smallest absolute Gasteiger partial charge is 0.268 e. The normalized spacial score (nSPS) is 10.9. The van der Waals surface area contributed by atoms with Crippen LogP contribution in [0.5, 0.6) is 0 Å². The van der Waals surface area contributed by atoms with Gasteiger partial charge in [0.05, 0.1) is 5.69 Å². The van der Waals surface area contributed by atoms with Gasteiger partial charge >= 0.3 is 0 Å². The van der Waals surface area contributed by atoms with Gasteiger partial charge in [-0.05, 0) is 11.4 Å². The van der Waals surface area contributed by atoms with Crippen LogP contribution in [0.2, 0.25) is 0 Å². The number of thiazole rings is 1. The average Bonchev–Trinajstić information content (AvgIpc) is 3.03. The topological polar surface area (TPSA) is 62.2 Å². The lowest BCUT2D eigenvalue weighted by Gasteiger charge is -2.14. The van der Waals surface area contributed by atoms with Crippen LogP contribution >= 0.6 is 22.7 Å². The van der Waals surface area contributed by atoms with E-state index < -0.39 is 0 Å². The molecule has 0 saturated heterocycles. The zero-order valence-electron chi connectivity index (χ0n) is 12.1. The van der Waals surface area contributed by atoms with Gasteiger partial charge in [0.15, 0.2) is 5.13 Å². The summed E-state index contributed by atoms with van der Waals surface area (Å²) in [6.07, 6.45) is 0. The zero-order valence-corrected chi connectivity index (χ0v) is 13.7. The van der Waals surface area contributed by atoms with E-state index in [1.165, 1.54) is 22.7 Å². The Morgan fingerprint density at radius 3 is 2.81 bits per heavy atom. The van der Waals surface area contributed by atoms with Gasteiger partial charge in [-0.15, -0.1) is 22.7 Å². The van der Waals surface area contributed by atoms with Gasteiger partial charge in [-0.25, -0.2) is 4.98 Å². The van der Waals surface area contributed by atoms with Crippen molar-refractivity contribution in [2.75, 3.05) is 11.9 Å². The van der Waals surface area contributed by atoms with Crippen LogP contribution in [0, 0.1) is 11.8 Å². The molecule has 1 amide bonds. The number of amides is 1. The highest BCUT2D eigenvalue weighted by Gasteiger charge is 2.19. The molecule has 4 nitrogen and oxygen atoms in total. The lowest BCUT2D eigenvalue weighted by Crippen LogP contribution is -2.14. The molecule has 110 valence electrons. The molecule has 0 aromatic carbocycles. The van der Waals surface area contributed by atoms with Crippen molar-refractivity contribution in [3.63, 3.8) is 0 Å². The Balaban J connectivity index is 2.15. The summed E-state index contributed by atoms with van der Waals surface area (Å²) >= 11 is 2.73. The molecule has 0 aliphatic carbocycles. The Labute approximate surface area is 131 Å². The molecule has 21 heavy (non-hydrogen) atoms. The molecule has 0 spiro atoms. The third-order valence-electron chi connectivity index (χ3n) is 2.67. The van der Waals surface area contributed by atoms with Crippen molar-refractivity contribution in [1.82, 2.24) is 4.98 Å². The first-order valence-corrected chi connectivity index (χ1v) is 8.12. The lowest BCUT2D eigenvalue weighted by molar-refractivity contribution is 0.103. The highest BCUT2D eigenvalue weighted by molar-refractivity contribution is 7.14. The van der Waals surface area contributed by atoms with Gasteiger partial charge in [0, 0.05) is 16.4 Å². The Morgan fingerprint density at radius 1 is 1.43 bits per heavy atom. The molecular formula is C15H16N2O2S2. The third-order valence-corrected chi connectivity index (χ3v) is 4.34. The summed E-state index contributed by atoms with van der Waals surface area (Å²) in [4.78, 5) is 17.2. The highest BCUT2D eigenvalue weighted by Crippen LogP contribution is 2.27. The number of thiophene rings is 1. The molecule has 2 aromatic rings. The van der Waals surface area contributed by atoms with E-state index in [2.05, 4.69) is 42.9 Å². The maximum atomic E-state index is 12.3. The first-order valence-electron chi connectivity index (χ1n) is 6.36. The predicted molar refractivity (Wildman–Crippen MR) is 87.1 cm³/mol. The minimum absolute atomic E-state index is 0.0415. The van der Waals surface area contributed by atoms with Crippen LogP contribution in [0.4, 0.5) is 5.13 Å². The molecule has 0 fully saturated rings. The highest BCUT2D eigenvalue weighted by atomic mass is 32.1. The summed E-state index contributed by atoms with van der Waals surface area (Å²) in [5.41, 5.74) is 1.54. The fraction of sp³-hybridized carbons (Fsp3) is 0.333. The molecule has 0 unspecified atom stereocenters. The number of hydrogen-bond donors (Lipinski definition) is 2. The average molecular weight is 320 g/mol. The molecule has 2 heterocycles. The van der Waals surface area contributed by atoms with Crippen LogP contribution in [0.3, 0.4) is 0 Å². The Bertz CT molecular complexity index is 699. The van der Waals surface area contributed by atoms with E-state index >= 15 is 0 Å². The number of nitrogens with one attached hydrogen (secondary N) is 1. The van der Waals surface area contributed by atoms with Crippen LogP contribution < -0.4 is 5.32 Å². The first-order chi connectivity index (χ1) is 9.91. The van der Waals surface area contributed by atoms with E-state index in [4.69, 9.17) is 5.11 Å². The van der Waals surface area contributed by atoms with Crippen molar-refractivity contribution < 1.29 is 9.90 Å². The summed E-state index contributed by atoms with van der Waals surface area (Å²) in [6, 6.07) is 1.77. The molecule has 2 N–H and O–H groups in total. The van der Waals surface area contributed by atoms with Gasteiger partial charge in [-0.2, -0.15) is 0 Å². The van der Waals surface area contributed by atoms with Crippen LogP contribution in [0.15, 0.2) is 16.8 Å². The van der Waals surface area contributed by atoms with Crippen molar-refractivity contribution in [1.29, 1.82) is 0 Å². The molecule has 0 aliphatic heterocycles. The molecule has 0 radical (unpaired) electrons. The molecule has 6 heteroatoms. The molecule has 2 aromatic heterocycles. The second-order valence-corrected chi connectivity index (χ2v) is 7.14. The maximum absolute atomic E-state index is 12.3. The Morgan fingerprint density at radius 2 is 2.19 bits per heavy atom. The van der Waals surface area contributed by atoms with Crippen molar-refractivity contribution >= 4 is 33.7 Å². The summed E-state index contributed by atoms with van der Waals surface area (Å²) in [7, 11) is 0. The predicted octanol–water partition coefficient (Wildman–Crippen LogP) is 3.10. The number of aliphatic hydroxyl groups is 1. The van der Waals surface area contributed by atoms with Gasteiger partial charge in [0.1, 0.15) is 11.5 Å². The molecule has 0 bridgehead atoms. The van der Waals surface area contributed by atoms with Crippen molar-refractivity contribution in [2.45, 2.75) is 26.2 Å².